The highest BCUT2D eigenvalue weighted by Gasteiger charge is 2.23. The van der Waals surface area contributed by atoms with Gasteiger partial charge in [-0.05, 0) is 38.5 Å². The molecule has 44 heavy (non-hydrogen) atoms. The molecule has 4 atom stereocenters. The van der Waals surface area contributed by atoms with Crippen molar-refractivity contribution < 1.29 is 39.2 Å². The number of thioether (sulfide) groups is 1. The average molecular weight is 640 g/mol. The highest BCUT2D eigenvalue weighted by molar-refractivity contribution is 8.00. The van der Waals surface area contributed by atoms with Gasteiger partial charge in [-0.15, -0.1) is 11.8 Å². The minimum Gasteiger partial charge on any atom is -0.481 e. The van der Waals surface area contributed by atoms with E-state index in [2.05, 4.69) is 32.1 Å². The molecule has 0 aromatic rings. The average Bonchev–Trinajstić information content (AvgIpc) is 3.00. The maximum atomic E-state index is 12.5. The molecule has 252 valence electrons. The molecule has 9 nitrogen and oxygen atoms in total. The third-order valence-electron chi connectivity index (χ3n) is 6.62. The Hall–Kier alpha value is -2.40. The molecular weight excluding hydrogens is 582 g/mol. The van der Waals surface area contributed by atoms with Crippen molar-refractivity contribution in [2.24, 2.45) is 5.73 Å². The van der Waals surface area contributed by atoms with Crippen LogP contribution < -0.4 is 5.73 Å². The van der Waals surface area contributed by atoms with Crippen LogP contribution in [0.15, 0.2) is 48.6 Å². The van der Waals surface area contributed by atoms with Crippen LogP contribution in [0.2, 0.25) is 0 Å². The third kappa shape index (κ3) is 25.0. The van der Waals surface area contributed by atoms with Gasteiger partial charge in [0.05, 0.1) is 12.7 Å². The Morgan fingerprint density at radius 2 is 1.57 bits per heavy atom. The van der Waals surface area contributed by atoms with Gasteiger partial charge < -0.3 is 30.5 Å². The van der Waals surface area contributed by atoms with E-state index in [0.29, 0.717) is 12.8 Å². The number of ether oxygens (including phenoxy) is 2. The molecule has 5 N–H and O–H groups in total. The predicted molar refractivity (Wildman–Crippen MR) is 178 cm³/mol. The number of carboxylic acids is 1. The molecule has 10 heteroatoms. The number of unbranched alkanes of at least 4 members (excludes halogenated alkanes) is 7. The van der Waals surface area contributed by atoms with E-state index in [-0.39, 0.29) is 31.6 Å². The SMILES string of the molecule is CCCCC/C=C\C\C=C/C=C/C=C/[C@@H](SC[C@H](N)C(=O)OC[C@H](CO)OC(=O)CCCCCCC)[C@@H](O)CCCC(=O)O. The summed E-state index contributed by atoms with van der Waals surface area (Å²) in [5.74, 6) is -1.94. The van der Waals surface area contributed by atoms with E-state index in [1.54, 1.807) is 12.2 Å². The Labute approximate surface area is 269 Å². The first-order chi connectivity index (χ1) is 21.2. The molecular formula is C34H57NO8S. The highest BCUT2D eigenvalue weighted by Crippen LogP contribution is 2.21. The predicted octanol–water partition coefficient (Wildman–Crippen LogP) is 6.03. The van der Waals surface area contributed by atoms with Crippen LogP contribution >= 0.6 is 11.8 Å². The zero-order chi connectivity index (χ0) is 32.8. The highest BCUT2D eigenvalue weighted by atomic mass is 32.2. The maximum absolute atomic E-state index is 12.5. The van der Waals surface area contributed by atoms with Crippen molar-refractivity contribution in [3.8, 4) is 0 Å². The molecule has 0 saturated carbocycles. The quantitative estimate of drug-likeness (QED) is 0.0345. The minimum absolute atomic E-state index is 0.0444. The number of rotatable bonds is 28. The molecule has 0 unspecified atom stereocenters. The zero-order valence-electron chi connectivity index (χ0n) is 26.8. The Bertz CT molecular complexity index is 873. The Kier molecular flexibility index (Phi) is 27.7. The lowest BCUT2D eigenvalue weighted by atomic mass is 10.1. The normalized spacial score (nSPS) is 14.8. The van der Waals surface area contributed by atoms with Gasteiger partial charge in [-0.25, -0.2) is 0 Å². The summed E-state index contributed by atoms with van der Waals surface area (Å²) in [7, 11) is 0. The number of esters is 2. The number of nitrogens with two attached hydrogens (primary N) is 1. The fraction of sp³-hybridized carbons (Fsp3) is 0.676. The van der Waals surface area contributed by atoms with E-state index >= 15 is 0 Å². The number of aliphatic hydroxyl groups excluding tert-OH is 2. The molecule has 0 aliphatic heterocycles. The summed E-state index contributed by atoms with van der Waals surface area (Å²) in [4.78, 5) is 35.4. The van der Waals surface area contributed by atoms with Crippen molar-refractivity contribution in [3.63, 3.8) is 0 Å². The second-order valence-corrected chi connectivity index (χ2v) is 12.0. The van der Waals surface area contributed by atoms with Crippen LogP contribution in [0.1, 0.15) is 104 Å². The molecule has 0 aliphatic carbocycles. The van der Waals surface area contributed by atoms with Gasteiger partial charge in [-0.1, -0.05) is 101 Å². The molecule has 0 radical (unpaired) electrons. The van der Waals surface area contributed by atoms with E-state index < -0.39 is 48.0 Å². The van der Waals surface area contributed by atoms with E-state index in [0.717, 1.165) is 38.5 Å². The number of allylic oxidation sites excluding steroid dienone is 7. The van der Waals surface area contributed by atoms with Crippen LogP contribution in [0.3, 0.4) is 0 Å². The van der Waals surface area contributed by atoms with Gasteiger partial charge in [0.25, 0.3) is 0 Å². The van der Waals surface area contributed by atoms with Gasteiger partial charge >= 0.3 is 17.9 Å². The van der Waals surface area contributed by atoms with Crippen LogP contribution in [-0.4, -0.2) is 75.7 Å². The standard InChI is InChI=1S/C34H57NO8S/c1-3-5-7-9-10-11-12-13-14-15-17-18-22-31(30(37)21-20-23-32(38)39)44-27-29(35)34(41)42-26-28(25-36)43-33(40)24-19-16-8-6-4-2/h10-11,13-15,17-18,22,28-31,36-37H,3-9,12,16,19-21,23-27,35H2,1-2H3,(H,38,39)/b11-10-,14-13-,17-15+,22-18+/t28-,29-,30-,31+/m0/s1. The molecule has 0 fully saturated rings. The first-order valence-corrected chi connectivity index (χ1v) is 17.2. The van der Waals surface area contributed by atoms with E-state index in [1.165, 1.54) is 31.0 Å². The van der Waals surface area contributed by atoms with E-state index in [9.17, 15) is 24.6 Å². The van der Waals surface area contributed by atoms with Gasteiger partial charge in [-0.2, -0.15) is 0 Å². The molecule has 0 aromatic carbocycles. The fourth-order valence-electron chi connectivity index (χ4n) is 3.99. The summed E-state index contributed by atoms with van der Waals surface area (Å²) in [6.45, 7) is 3.52. The number of carboxylic acid groups (broad SMARTS) is 1. The molecule has 0 aliphatic rings. The van der Waals surface area contributed by atoms with Crippen molar-refractivity contribution in [1.29, 1.82) is 0 Å². The summed E-state index contributed by atoms with van der Waals surface area (Å²) in [5.41, 5.74) is 6.03. The van der Waals surface area contributed by atoms with Gasteiger partial charge in [0.2, 0.25) is 0 Å². The summed E-state index contributed by atoms with van der Waals surface area (Å²) < 4.78 is 10.4. The number of aliphatic hydroxyl groups is 2. The summed E-state index contributed by atoms with van der Waals surface area (Å²) in [6.07, 6.45) is 25.3. The largest absolute Gasteiger partial charge is 0.481 e. The number of hydrogen-bond acceptors (Lipinski definition) is 9. The van der Waals surface area contributed by atoms with Crippen LogP contribution in [-0.2, 0) is 23.9 Å². The smallest absolute Gasteiger partial charge is 0.323 e. The topological polar surface area (TPSA) is 156 Å². The zero-order valence-corrected chi connectivity index (χ0v) is 27.6. The van der Waals surface area contributed by atoms with Crippen molar-refractivity contribution in [1.82, 2.24) is 0 Å². The first-order valence-electron chi connectivity index (χ1n) is 16.1. The molecule has 0 rings (SSSR count). The first kappa shape index (κ1) is 41.6. The Morgan fingerprint density at radius 1 is 0.864 bits per heavy atom. The summed E-state index contributed by atoms with van der Waals surface area (Å²) in [5, 5.41) is 28.7. The summed E-state index contributed by atoms with van der Waals surface area (Å²) >= 11 is 1.27. The molecule has 0 bridgehead atoms. The van der Waals surface area contributed by atoms with Crippen molar-refractivity contribution in [3.05, 3.63) is 48.6 Å². The van der Waals surface area contributed by atoms with Gasteiger partial charge in [-0.3, -0.25) is 14.4 Å². The van der Waals surface area contributed by atoms with Gasteiger partial charge in [0.15, 0.2) is 6.10 Å². The Morgan fingerprint density at radius 3 is 2.27 bits per heavy atom. The molecule has 0 aromatic heterocycles. The lowest BCUT2D eigenvalue weighted by Crippen LogP contribution is -2.38. The van der Waals surface area contributed by atoms with Gasteiger partial charge in [0.1, 0.15) is 12.6 Å². The lowest BCUT2D eigenvalue weighted by molar-refractivity contribution is -0.161. The van der Waals surface area contributed by atoms with Crippen LogP contribution in [0.25, 0.3) is 0 Å². The van der Waals surface area contributed by atoms with Crippen molar-refractivity contribution >= 4 is 29.7 Å². The monoisotopic (exact) mass is 639 g/mol. The van der Waals surface area contributed by atoms with E-state index in [1.807, 2.05) is 18.2 Å². The van der Waals surface area contributed by atoms with Crippen LogP contribution in [0.5, 0.6) is 0 Å². The van der Waals surface area contributed by atoms with E-state index in [4.69, 9.17) is 20.3 Å². The van der Waals surface area contributed by atoms with Crippen LogP contribution in [0, 0.1) is 0 Å². The Balaban J connectivity index is 4.80. The summed E-state index contributed by atoms with van der Waals surface area (Å²) in [6, 6.07) is -1.01. The third-order valence-corrected chi connectivity index (χ3v) is 8.03. The number of carbonyl (C=O) groups is 3. The maximum Gasteiger partial charge on any atom is 0.323 e. The van der Waals surface area contributed by atoms with Crippen molar-refractivity contribution in [2.75, 3.05) is 19.0 Å². The second-order valence-electron chi connectivity index (χ2n) is 10.7. The van der Waals surface area contributed by atoms with Gasteiger partial charge in [0, 0.05) is 23.8 Å². The lowest BCUT2D eigenvalue weighted by Gasteiger charge is -2.21. The number of aliphatic carboxylic acids is 1. The molecule has 0 saturated heterocycles. The van der Waals surface area contributed by atoms with Crippen LogP contribution in [0.4, 0.5) is 0 Å². The molecule has 0 amide bonds. The number of hydrogen-bond donors (Lipinski definition) is 4. The molecule has 0 spiro atoms. The second kappa shape index (κ2) is 29.3. The molecule has 0 heterocycles. The minimum atomic E-state index is -1.01. The fourth-order valence-corrected chi connectivity index (χ4v) is 5.12. The van der Waals surface area contributed by atoms with Crippen molar-refractivity contribution in [2.45, 2.75) is 127 Å². The number of carbonyl (C=O) groups excluding carboxylic acids is 2.